The van der Waals surface area contributed by atoms with Gasteiger partial charge in [0.1, 0.15) is 12.2 Å². The number of H-pyrrole nitrogens is 1. The van der Waals surface area contributed by atoms with E-state index in [2.05, 4.69) is 10.3 Å². The Labute approximate surface area is 97.4 Å². The van der Waals surface area contributed by atoms with E-state index in [1.54, 1.807) is 6.07 Å². The van der Waals surface area contributed by atoms with Crippen LogP contribution in [-0.4, -0.2) is 28.5 Å². The van der Waals surface area contributed by atoms with Crippen LogP contribution in [-0.2, 0) is 4.79 Å². The number of rotatable bonds is 3. The van der Waals surface area contributed by atoms with Crippen molar-refractivity contribution in [3.63, 3.8) is 0 Å². The van der Waals surface area contributed by atoms with Gasteiger partial charge in [-0.05, 0) is 25.1 Å². The van der Waals surface area contributed by atoms with Gasteiger partial charge in [-0.15, -0.1) is 0 Å². The molecule has 0 saturated heterocycles. The second kappa shape index (κ2) is 4.29. The minimum Gasteiger partial charge on any atom is -0.480 e. The standard InChI is InChI=1S/C12H12N2O3/c1-7-2-3-9-8(4-7)5-10(14-9)12(17)13-6-11(15)16/h2-5,14H,6H2,1H3,(H,13,17)(H,15,16). The lowest BCUT2D eigenvalue weighted by Crippen LogP contribution is -2.29. The lowest BCUT2D eigenvalue weighted by molar-refractivity contribution is -0.135. The molecule has 0 aliphatic rings. The predicted octanol–water partition coefficient (Wildman–Crippen LogP) is 1.29. The molecule has 1 amide bonds. The van der Waals surface area contributed by atoms with Gasteiger partial charge in [0.2, 0.25) is 0 Å². The smallest absolute Gasteiger partial charge is 0.322 e. The normalized spacial score (nSPS) is 10.4. The summed E-state index contributed by atoms with van der Waals surface area (Å²) in [5, 5.41) is 11.7. The Balaban J connectivity index is 2.24. The fourth-order valence-electron chi connectivity index (χ4n) is 1.63. The number of hydrogen-bond acceptors (Lipinski definition) is 2. The number of aliphatic carboxylic acids is 1. The molecule has 1 aromatic carbocycles. The highest BCUT2D eigenvalue weighted by molar-refractivity contribution is 5.99. The number of carbonyl (C=O) groups is 2. The highest BCUT2D eigenvalue weighted by Gasteiger charge is 2.10. The van der Waals surface area contributed by atoms with Gasteiger partial charge in [0.25, 0.3) is 5.91 Å². The summed E-state index contributed by atoms with van der Waals surface area (Å²) in [4.78, 5) is 24.9. The van der Waals surface area contributed by atoms with E-state index < -0.39 is 11.9 Å². The molecular weight excluding hydrogens is 220 g/mol. The van der Waals surface area contributed by atoms with E-state index in [1.807, 2.05) is 25.1 Å². The quantitative estimate of drug-likeness (QED) is 0.745. The number of benzene rings is 1. The first-order valence-electron chi connectivity index (χ1n) is 5.15. The third-order valence-corrected chi connectivity index (χ3v) is 2.42. The topological polar surface area (TPSA) is 82.2 Å². The van der Waals surface area contributed by atoms with Crippen molar-refractivity contribution in [2.75, 3.05) is 6.54 Å². The first-order chi connectivity index (χ1) is 8.06. The van der Waals surface area contributed by atoms with Crippen LogP contribution >= 0.6 is 0 Å². The summed E-state index contributed by atoms with van der Waals surface area (Å²) >= 11 is 0. The number of carbonyl (C=O) groups excluding carboxylic acids is 1. The van der Waals surface area contributed by atoms with Crippen molar-refractivity contribution in [3.05, 3.63) is 35.5 Å². The maximum absolute atomic E-state index is 11.6. The van der Waals surface area contributed by atoms with Crippen LogP contribution in [0.1, 0.15) is 16.1 Å². The molecule has 17 heavy (non-hydrogen) atoms. The van der Waals surface area contributed by atoms with Crippen LogP contribution in [0.4, 0.5) is 0 Å². The Hall–Kier alpha value is -2.30. The zero-order valence-corrected chi connectivity index (χ0v) is 9.28. The number of aromatic nitrogens is 1. The first kappa shape index (κ1) is 11.2. The van der Waals surface area contributed by atoms with Crippen molar-refractivity contribution in [2.45, 2.75) is 6.92 Å². The van der Waals surface area contributed by atoms with Gasteiger partial charge in [-0.1, -0.05) is 11.6 Å². The van der Waals surface area contributed by atoms with Crippen LogP contribution in [0.3, 0.4) is 0 Å². The summed E-state index contributed by atoms with van der Waals surface area (Å²) in [7, 11) is 0. The van der Waals surface area contributed by atoms with Crippen LogP contribution in [0, 0.1) is 6.92 Å². The fraction of sp³-hybridized carbons (Fsp3) is 0.167. The van der Waals surface area contributed by atoms with Gasteiger partial charge in [-0.25, -0.2) is 0 Å². The number of amides is 1. The Morgan fingerprint density at radius 3 is 2.82 bits per heavy atom. The first-order valence-corrected chi connectivity index (χ1v) is 5.15. The number of hydrogen-bond donors (Lipinski definition) is 3. The van der Waals surface area contributed by atoms with Crippen LogP contribution in [0.5, 0.6) is 0 Å². The zero-order valence-electron chi connectivity index (χ0n) is 9.28. The second-order valence-electron chi connectivity index (χ2n) is 3.85. The number of carboxylic acid groups (broad SMARTS) is 1. The van der Waals surface area contributed by atoms with Crippen molar-refractivity contribution >= 4 is 22.8 Å². The van der Waals surface area contributed by atoms with Gasteiger partial charge in [0.05, 0.1) is 0 Å². The van der Waals surface area contributed by atoms with E-state index in [1.165, 1.54) is 0 Å². The third kappa shape index (κ3) is 2.44. The number of aromatic amines is 1. The van der Waals surface area contributed by atoms with Crippen molar-refractivity contribution in [1.29, 1.82) is 0 Å². The Kier molecular flexibility index (Phi) is 2.82. The molecule has 2 rings (SSSR count). The summed E-state index contributed by atoms with van der Waals surface area (Å²) in [6.45, 7) is 1.59. The average molecular weight is 232 g/mol. The summed E-state index contributed by atoms with van der Waals surface area (Å²) in [6.07, 6.45) is 0. The number of carboxylic acids is 1. The van der Waals surface area contributed by atoms with Crippen LogP contribution in [0.2, 0.25) is 0 Å². The lowest BCUT2D eigenvalue weighted by Gasteiger charge is -1.98. The molecule has 1 heterocycles. The summed E-state index contributed by atoms with van der Waals surface area (Å²) in [5.41, 5.74) is 2.33. The van der Waals surface area contributed by atoms with E-state index in [9.17, 15) is 9.59 Å². The Morgan fingerprint density at radius 1 is 1.35 bits per heavy atom. The Bertz CT molecular complexity index is 586. The SMILES string of the molecule is Cc1ccc2[nH]c(C(=O)NCC(=O)O)cc2c1. The molecule has 5 nitrogen and oxygen atoms in total. The van der Waals surface area contributed by atoms with E-state index in [0.29, 0.717) is 5.69 Å². The molecule has 0 fully saturated rings. The Morgan fingerprint density at radius 2 is 2.12 bits per heavy atom. The minimum atomic E-state index is -1.06. The molecule has 0 aliphatic carbocycles. The molecule has 5 heteroatoms. The van der Waals surface area contributed by atoms with Crippen molar-refractivity contribution < 1.29 is 14.7 Å². The molecule has 0 saturated carbocycles. The fourth-order valence-corrected chi connectivity index (χ4v) is 1.63. The minimum absolute atomic E-state index is 0.367. The third-order valence-electron chi connectivity index (χ3n) is 2.42. The molecule has 1 aromatic heterocycles. The van der Waals surface area contributed by atoms with E-state index in [-0.39, 0.29) is 6.54 Å². The van der Waals surface area contributed by atoms with Gasteiger partial charge < -0.3 is 15.4 Å². The summed E-state index contributed by atoms with van der Waals surface area (Å²) < 4.78 is 0. The summed E-state index contributed by atoms with van der Waals surface area (Å²) in [6, 6.07) is 7.50. The molecule has 0 atom stereocenters. The molecule has 2 aromatic rings. The van der Waals surface area contributed by atoms with E-state index in [4.69, 9.17) is 5.11 Å². The van der Waals surface area contributed by atoms with Crippen LogP contribution in [0.25, 0.3) is 10.9 Å². The van der Waals surface area contributed by atoms with E-state index in [0.717, 1.165) is 16.5 Å². The highest BCUT2D eigenvalue weighted by Crippen LogP contribution is 2.16. The number of aryl methyl sites for hydroxylation is 1. The van der Waals surface area contributed by atoms with Gasteiger partial charge in [0, 0.05) is 10.9 Å². The molecular formula is C12H12N2O3. The molecule has 3 N–H and O–H groups in total. The highest BCUT2D eigenvalue weighted by atomic mass is 16.4. The largest absolute Gasteiger partial charge is 0.480 e. The molecule has 0 spiro atoms. The molecule has 0 radical (unpaired) electrons. The zero-order chi connectivity index (χ0) is 12.4. The molecule has 0 aliphatic heterocycles. The van der Waals surface area contributed by atoms with Crippen molar-refractivity contribution in [2.24, 2.45) is 0 Å². The van der Waals surface area contributed by atoms with Crippen molar-refractivity contribution in [3.8, 4) is 0 Å². The molecule has 0 bridgehead atoms. The van der Waals surface area contributed by atoms with E-state index >= 15 is 0 Å². The van der Waals surface area contributed by atoms with Gasteiger partial charge >= 0.3 is 5.97 Å². The summed E-state index contributed by atoms with van der Waals surface area (Å²) in [5.74, 6) is -1.48. The van der Waals surface area contributed by atoms with Crippen LogP contribution in [0.15, 0.2) is 24.3 Å². The van der Waals surface area contributed by atoms with Gasteiger partial charge in [0.15, 0.2) is 0 Å². The van der Waals surface area contributed by atoms with Gasteiger partial charge in [-0.2, -0.15) is 0 Å². The monoisotopic (exact) mass is 232 g/mol. The molecule has 0 unspecified atom stereocenters. The van der Waals surface area contributed by atoms with Gasteiger partial charge in [-0.3, -0.25) is 9.59 Å². The molecule has 88 valence electrons. The van der Waals surface area contributed by atoms with Crippen molar-refractivity contribution in [1.82, 2.24) is 10.3 Å². The number of fused-ring (bicyclic) bond motifs is 1. The second-order valence-corrected chi connectivity index (χ2v) is 3.85. The average Bonchev–Trinajstić information content (AvgIpc) is 2.68. The maximum atomic E-state index is 11.6. The number of nitrogens with one attached hydrogen (secondary N) is 2. The maximum Gasteiger partial charge on any atom is 0.322 e. The predicted molar refractivity (Wildman–Crippen MR) is 63.0 cm³/mol. The van der Waals surface area contributed by atoms with Crippen LogP contribution < -0.4 is 5.32 Å². The lowest BCUT2D eigenvalue weighted by atomic mass is 10.2.